The van der Waals surface area contributed by atoms with E-state index in [0.29, 0.717) is 17.8 Å². The first-order valence-corrected chi connectivity index (χ1v) is 12.7. The average molecular weight is 501 g/mol. The molecule has 2 aromatic heterocycles. The van der Waals surface area contributed by atoms with Gasteiger partial charge >= 0.3 is 5.97 Å². The molecule has 0 unspecified atom stereocenters. The first-order valence-electron chi connectivity index (χ1n) is 12.7. The van der Waals surface area contributed by atoms with Gasteiger partial charge < -0.3 is 24.7 Å². The molecule has 194 valence electrons. The first-order chi connectivity index (χ1) is 17.8. The molecular weight excluding hydrogens is 464 g/mol. The molecule has 0 aliphatic carbocycles. The van der Waals surface area contributed by atoms with E-state index < -0.39 is 0 Å². The zero-order chi connectivity index (χ0) is 26.5. The highest BCUT2D eigenvalue weighted by Crippen LogP contribution is 2.40. The standard InChI is InChI=1S/C30H36N4O3/c1-19(2)37-30(35)23-16-25-27(21-12-11-20(3)26(17-21)31-4)28(33-29(25)32-18-23)22-9-7-10-24(15-22)36-14-8-13-34(5)6/h7,9-12,15-19,31H,8,13-14H2,1-6H3,(H,32,33). The van der Waals surface area contributed by atoms with Gasteiger partial charge in [0.2, 0.25) is 0 Å². The number of aromatic nitrogens is 2. The molecule has 4 aromatic rings. The molecule has 4 rings (SSSR count). The second kappa shape index (κ2) is 11.5. The number of esters is 1. The fraction of sp³-hybridized carbons (Fsp3) is 0.333. The molecule has 0 spiro atoms. The lowest BCUT2D eigenvalue weighted by Gasteiger charge is -2.13. The van der Waals surface area contributed by atoms with Crippen LogP contribution in [0.2, 0.25) is 0 Å². The Labute approximate surface area is 218 Å². The number of carbonyl (C=O) groups is 1. The lowest BCUT2D eigenvalue weighted by molar-refractivity contribution is 0.0377. The summed E-state index contributed by atoms with van der Waals surface area (Å²) >= 11 is 0. The van der Waals surface area contributed by atoms with Crippen LogP contribution in [-0.4, -0.2) is 61.2 Å². The molecule has 2 aromatic carbocycles. The third-order valence-electron chi connectivity index (χ3n) is 6.17. The molecule has 2 N–H and O–H groups in total. The van der Waals surface area contributed by atoms with E-state index >= 15 is 0 Å². The van der Waals surface area contributed by atoms with Gasteiger partial charge in [-0.1, -0.05) is 24.3 Å². The van der Waals surface area contributed by atoms with E-state index in [1.54, 1.807) is 6.20 Å². The number of hydrogen-bond donors (Lipinski definition) is 2. The number of benzene rings is 2. The highest BCUT2D eigenvalue weighted by Gasteiger charge is 2.20. The number of carbonyl (C=O) groups excluding carboxylic acids is 1. The average Bonchev–Trinajstić information content (AvgIpc) is 3.25. The lowest BCUT2D eigenvalue weighted by atomic mass is 9.96. The van der Waals surface area contributed by atoms with Gasteiger partial charge in [-0.15, -0.1) is 0 Å². The molecule has 0 saturated carbocycles. The summed E-state index contributed by atoms with van der Waals surface area (Å²) in [6.07, 6.45) is 2.31. The Morgan fingerprint density at radius 3 is 2.65 bits per heavy atom. The van der Waals surface area contributed by atoms with Crippen LogP contribution < -0.4 is 10.1 Å². The van der Waals surface area contributed by atoms with Crippen molar-refractivity contribution in [3.8, 4) is 28.1 Å². The second-order valence-electron chi connectivity index (χ2n) is 9.76. The summed E-state index contributed by atoms with van der Waals surface area (Å²) in [6, 6.07) is 16.3. The summed E-state index contributed by atoms with van der Waals surface area (Å²) < 4.78 is 11.5. The molecule has 0 fully saturated rings. The topological polar surface area (TPSA) is 79.5 Å². The Hall–Kier alpha value is -3.84. The summed E-state index contributed by atoms with van der Waals surface area (Å²) in [6.45, 7) is 7.37. The molecule has 0 saturated heterocycles. The van der Waals surface area contributed by atoms with Crippen LogP contribution in [0, 0.1) is 6.92 Å². The quantitative estimate of drug-likeness (QED) is 0.201. The summed E-state index contributed by atoms with van der Waals surface area (Å²) in [5.74, 6) is 0.431. The van der Waals surface area contributed by atoms with Gasteiger partial charge in [0, 0.05) is 42.0 Å². The molecule has 0 amide bonds. The third-order valence-corrected chi connectivity index (χ3v) is 6.17. The van der Waals surface area contributed by atoms with Crippen LogP contribution in [0.3, 0.4) is 0 Å². The van der Waals surface area contributed by atoms with Gasteiger partial charge in [0.15, 0.2) is 0 Å². The van der Waals surface area contributed by atoms with Crippen LogP contribution in [0.4, 0.5) is 5.69 Å². The molecule has 0 atom stereocenters. The minimum atomic E-state index is -0.383. The predicted octanol–water partition coefficient (Wildman–Crippen LogP) is 6.14. The monoisotopic (exact) mass is 500 g/mol. The molecule has 7 nitrogen and oxygen atoms in total. The summed E-state index contributed by atoms with van der Waals surface area (Å²) in [5, 5.41) is 4.14. The number of ether oxygens (including phenoxy) is 2. The Balaban J connectivity index is 1.82. The van der Waals surface area contributed by atoms with E-state index in [2.05, 4.69) is 65.5 Å². The number of rotatable bonds is 10. The third kappa shape index (κ3) is 6.12. The Morgan fingerprint density at radius 2 is 1.92 bits per heavy atom. The minimum absolute atomic E-state index is 0.208. The van der Waals surface area contributed by atoms with Crippen LogP contribution in [0.1, 0.15) is 36.2 Å². The van der Waals surface area contributed by atoms with Crippen LogP contribution in [0.25, 0.3) is 33.4 Å². The number of hydrogen-bond acceptors (Lipinski definition) is 6. The fourth-order valence-corrected chi connectivity index (χ4v) is 4.34. The number of aryl methyl sites for hydroxylation is 1. The van der Waals surface area contributed by atoms with E-state index in [-0.39, 0.29) is 12.1 Å². The van der Waals surface area contributed by atoms with Gasteiger partial charge in [-0.3, -0.25) is 0 Å². The minimum Gasteiger partial charge on any atom is -0.494 e. The van der Waals surface area contributed by atoms with Gasteiger partial charge in [0.05, 0.1) is 24.0 Å². The molecule has 37 heavy (non-hydrogen) atoms. The highest BCUT2D eigenvalue weighted by molar-refractivity contribution is 6.05. The maximum absolute atomic E-state index is 12.7. The van der Waals surface area contributed by atoms with Crippen molar-refractivity contribution in [3.05, 3.63) is 65.9 Å². The molecule has 0 aliphatic heterocycles. The van der Waals surface area contributed by atoms with Gasteiger partial charge in [0.1, 0.15) is 11.4 Å². The van der Waals surface area contributed by atoms with Crippen molar-refractivity contribution in [3.63, 3.8) is 0 Å². The summed E-state index contributed by atoms with van der Waals surface area (Å²) in [4.78, 5) is 22.9. The lowest BCUT2D eigenvalue weighted by Crippen LogP contribution is -2.15. The van der Waals surface area contributed by atoms with Crippen molar-refractivity contribution in [1.29, 1.82) is 0 Å². The first kappa shape index (κ1) is 26.2. The SMILES string of the molecule is CNc1cc(-c2c(-c3cccc(OCCCN(C)C)c3)[nH]c3ncc(C(=O)OC(C)C)cc23)ccc1C. The number of H-pyrrole nitrogens is 1. The number of pyridine rings is 1. The van der Waals surface area contributed by atoms with Crippen molar-refractivity contribution in [1.82, 2.24) is 14.9 Å². The zero-order valence-corrected chi connectivity index (χ0v) is 22.5. The Kier molecular flexibility index (Phi) is 8.14. The Bertz CT molecular complexity index is 1390. The van der Waals surface area contributed by atoms with Crippen molar-refractivity contribution >= 4 is 22.7 Å². The largest absolute Gasteiger partial charge is 0.494 e. The van der Waals surface area contributed by atoms with Gasteiger partial charge in [-0.05, 0) is 76.7 Å². The number of nitrogens with one attached hydrogen (secondary N) is 2. The molecule has 7 heteroatoms. The molecule has 0 bridgehead atoms. The van der Waals surface area contributed by atoms with E-state index in [1.165, 1.54) is 0 Å². The number of anilines is 1. The van der Waals surface area contributed by atoms with Crippen molar-refractivity contribution in [2.45, 2.75) is 33.3 Å². The number of aromatic amines is 1. The molecule has 0 aliphatic rings. The normalized spacial score (nSPS) is 11.4. The molecular formula is C30H36N4O3. The predicted molar refractivity (Wildman–Crippen MR) is 150 cm³/mol. The van der Waals surface area contributed by atoms with E-state index in [4.69, 9.17) is 9.47 Å². The van der Waals surface area contributed by atoms with Crippen molar-refractivity contribution in [2.24, 2.45) is 0 Å². The molecule has 2 heterocycles. The van der Waals surface area contributed by atoms with Crippen molar-refractivity contribution < 1.29 is 14.3 Å². The van der Waals surface area contributed by atoms with Crippen LogP contribution in [0.5, 0.6) is 5.75 Å². The number of fused-ring (bicyclic) bond motifs is 1. The van der Waals surface area contributed by atoms with Crippen LogP contribution in [-0.2, 0) is 4.74 Å². The van der Waals surface area contributed by atoms with Crippen LogP contribution in [0.15, 0.2) is 54.7 Å². The summed E-state index contributed by atoms with van der Waals surface area (Å²) in [5.41, 5.74) is 7.21. The fourth-order valence-electron chi connectivity index (χ4n) is 4.34. The smallest absolute Gasteiger partial charge is 0.339 e. The van der Waals surface area contributed by atoms with Gasteiger partial charge in [0.25, 0.3) is 0 Å². The van der Waals surface area contributed by atoms with Gasteiger partial charge in [-0.25, -0.2) is 9.78 Å². The maximum atomic E-state index is 12.7. The van der Waals surface area contributed by atoms with Gasteiger partial charge in [-0.2, -0.15) is 0 Å². The second-order valence-corrected chi connectivity index (χ2v) is 9.76. The molecule has 0 radical (unpaired) electrons. The van der Waals surface area contributed by atoms with E-state index in [9.17, 15) is 4.79 Å². The Morgan fingerprint density at radius 1 is 1.11 bits per heavy atom. The summed E-state index contributed by atoms with van der Waals surface area (Å²) in [7, 11) is 6.04. The van der Waals surface area contributed by atoms with Crippen molar-refractivity contribution in [2.75, 3.05) is 39.6 Å². The zero-order valence-electron chi connectivity index (χ0n) is 22.5. The van der Waals surface area contributed by atoms with E-state index in [1.807, 2.05) is 45.2 Å². The van der Waals surface area contributed by atoms with E-state index in [0.717, 1.165) is 57.7 Å². The maximum Gasteiger partial charge on any atom is 0.339 e. The number of nitrogens with zero attached hydrogens (tertiary/aromatic N) is 2. The highest BCUT2D eigenvalue weighted by atomic mass is 16.5. The van der Waals surface area contributed by atoms with Crippen LogP contribution >= 0.6 is 0 Å².